The Hall–Kier alpha value is -6.52. The Morgan fingerprint density at radius 3 is 1.50 bits per heavy atom. The highest BCUT2D eigenvalue weighted by Crippen LogP contribution is 2.42. The van der Waals surface area contributed by atoms with Crippen LogP contribution >= 0.6 is 0 Å². The smallest absolute Gasteiger partial charge is 0.268 e. The molecule has 0 bridgehead atoms. The molecular formula is C46H32N2O2. The van der Waals surface area contributed by atoms with E-state index in [0.717, 1.165) is 44.1 Å². The molecule has 0 aliphatic carbocycles. The van der Waals surface area contributed by atoms with Gasteiger partial charge in [-0.1, -0.05) is 115 Å². The molecule has 1 aliphatic rings. The lowest BCUT2D eigenvalue weighted by Crippen LogP contribution is -2.30. The largest absolute Gasteiger partial charge is 0.308 e. The van der Waals surface area contributed by atoms with Crippen LogP contribution in [-0.4, -0.2) is 16.4 Å². The molecule has 0 unspecified atom stereocenters. The first-order chi connectivity index (χ1) is 24.5. The molecule has 0 radical (unpaired) electrons. The molecule has 0 spiro atoms. The van der Waals surface area contributed by atoms with Crippen molar-refractivity contribution in [3.63, 3.8) is 0 Å². The van der Waals surface area contributed by atoms with Crippen LogP contribution in [0.1, 0.15) is 31.8 Å². The molecule has 7 aromatic carbocycles. The Bertz CT molecular complexity index is 2560. The average Bonchev–Trinajstić information content (AvgIpc) is 3.61. The third-order valence-electron chi connectivity index (χ3n) is 10.0. The van der Waals surface area contributed by atoms with E-state index in [9.17, 15) is 9.59 Å². The molecule has 1 aliphatic heterocycles. The molecule has 2 heterocycles. The van der Waals surface area contributed by atoms with Crippen LogP contribution in [0.3, 0.4) is 0 Å². The van der Waals surface area contributed by atoms with Gasteiger partial charge in [-0.05, 0) is 95.3 Å². The van der Waals surface area contributed by atoms with Gasteiger partial charge < -0.3 is 4.57 Å². The number of imide groups is 1. The first-order valence-electron chi connectivity index (χ1n) is 16.9. The van der Waals surface area contributed by atoms with Crippen LogP contribution in [0.15, 0.2) is 158 Å². The summed E-state index contributed by atoms with van der Waals surface area (Å²) in [6.07, 6.45) is 0. The van der Waals surface area contributed by atoms with Gasteiger partial charge in [-0.2, -0.15) is 0 Å². The molecule has 0 fully saturated rings. The molecule has 8 aromatic rings. The van der Waals surface area contributed by atoms with Crippen molar-refractivity contribution in [3.8, 4) is 39.1 Å². The van der Waals surface area contributed by atoms with Crippen molar-refractivity contribution in [1.82, 2.24) is 4.57 Å². The topological polar surface area (TPSA) is 42.3 Å². The first kappa shape index (κ1) is 29.6. The van der Waals surface area contributed by atoms with E-state index >= 15 is 0 Å². The lowest BCUT2D eigenvalue weighted by molar-refractivity contribution is 0.0926. The van der Waals surface area contributed by atoms with Crippen LogP contribution in [-0.2, 0) is 0 Å². The van der Waals surface area contributed by atoms with Crippen molar-refractivity contribution < 1.29 is 9.59 Å². The number of aryl methyl sites for hydroxylation is 2. The number of hydrogen-bond donors (Lipinski definition) is 0. The fourth-order valence-electron chi connectivity index (χ4n) is 7.61. The molecule has 1 aromatic heterocycles. The fraction of sp³-hybridized carbons (Fsp3) is 0.0435. The first-order valence-corrected chi connectivity index (χ1v) is 16.9. The van der Waals surface area contributed by atoms with Crippen LogP contribution in [0.25, 0.3) is 60.9 Å². The number of carbonyl (C=O) groups excluding carboxylic acids is 2. The number of para-hydroxylation sites is 1. The van der Waals surface area contributed by atoms with Gasteiger partial charge in [0.25, 0.3) is 11.8 Å². The zero-order valence-electron chi connectivity index (χ0n) is 27.7. The summed E-state index contributed by atoms with van der Waals surface area (Å²) in [6, 6.07) is 53.1. The number of aromatic nitrogens is 1. The number of carbonyl (C=O) groups is 2. The summed E-state index contributed by atoms with van der Waals surface area (Å²) in [5.41, 5.74) is 12.8. The van der Waals surface area contributed by atoms with Gasteiger partial charge in [0.2, 0.25) is 0 Å². The van der Waals surface area contributed by atoms with E-state index in [1.807, 2.05) is 66.7 Å². The minimum atomic E-state index is -0.327. The molecule has 4 nitrogen and oxygen atoms in total. The van der Waals surface area contributed by atoms with E-state index in [1.54, 1.807) is 6.07 Å². The summed E-state index contributed by atoms with van der Waals surface area (Å²) in [5, 5.41) is 2.16. The molecular weight excluding hydrogens is 613 g/mol. The van der Waals surface area contributed by atoms with Crippen LogP contribution in [0.5, 0.6) is 0 Å². The highest BCUT2D eigenvalue weighted by atomic mass is 16.2. The second kappa shape index (κ2) is 11.6. The summed E-state index contributed by atoms with van der Waals surface area (Å²) < 4.78 is 2.16. The predicted octanol–water partition coefficient (Wildman–Crippen LogP) is 11.2. The number of rotatable bonds is 5. The maximum absolute atomic E-state index is 14.6. The van der Waals surface area contributed by atoms with Crippen molar-refractivity contribution in [2.24, 2.45) is 0 Å². The van der Waals surface area contributed by atoms with Crippen molar-refractivity contribution in [1.29, 1.82) is 0 Å². The monoisotopic (exact) mass is 644 g/mol. The Labute approximate surface area is 290 Å². The standard InChI is InChI=1S/C46H32N2O2/c1-29-13-6-8-17-34(29)32-23-25-41-38(27-32)39-28-33(35-18-9-7-14-30(35)2)24-26-42(39)47(41)43-22-12-20-37-44(43)46(50)48(45(37)49)40-21-11-10-19-36(40)31-15-4-3-5-16-31/h3-28H,1-2H3. The quantitative estimate of drug-likeness (QED) is 0.175. The van der Waals surface area contributed by atoms with Gasteiger partial charge in [0.1, 0.15) is 0 Å². The highest BCUT2D eigenvalue weighted by Gasteiger charge is 2.40. The second-order valence-electron chi connectivity index (χ2n) is 13.0. The van der Waals surface area contributed by atoms with Gasteiger partial charge in [0, 0.05) is 16.3 Å². The SMILES string of the molecule is Cc1ccccc1-c1ccc2c(c1)c1cc(-c3ccccc3C)ccc1n2-c1cccc2c1C(=O)N(c1ccccc1-c1ccccc1)C2=O. The van der Waals surface area contributed by atoms with Crippen molar-refractivity contribution >= 4 is 39.3 Å². The second-order valence-corrected chi connectivity index (χ2v) is 13.0. The minimum Gasteiger partial charge on any atom is -0.308 e. The zero-order valence-corrected chi connectivity index (χ0v) is 27.7. The van der Waals surface area contributed by atoms with E-state index in [1.165, 1.54) is 27.2 Å². The number of amides is 2. The van der Waals surface area contributed by atoms with Gasteiger partial charge >= 0.3 is 0 Å². The fourth-order valence-corrected chi connectivity index (χ4v) is 7.61. The Balaban J connectivity index is 1.28. The Morgan fingerprint density at radius 1 is 0.400 bits per heavy atom. The van der Waals surface area contributed by atoms with E-state index in [-0.39, 0.29) is 11.8 Å². The predicted molar refractivity (Wildman–Crippen MR) is 204 cm³/mol. The number of hydrogen-bond acceptors (Lipinski definition) is 2. The Morgan fingerprint density at radius 2 is 0.900 bits per heavy atom. The van der Waals surface area contributed by atoms with E-state index in [2.05, 4.69) is 103 Å². The van der Waals surface area contributed by atoms with Crippen LogP contribution in [0.4, 0.5) is 5.69 Å². The van der Waals surface area contributed by atoms with Gasteiger partial charge in [0.05, 0.1) is 33.5 Å². The molecule has 0 atom stereocenters. The zero-order chi connectivity index (χ0) is 33.9. The number of anilines is 1. The molecule has 50 heavy (non-hydrogen) atoms. The summed E-state index contributed by atoms with van der Waals surface area (Å²) in [6.45, 7) is 4.27. The third kappa shape index (κ3) is 4.53. The lowest BCUT2D eigenvalue weighted by Gasteiger charge is -2.18. The summed E-state index contributed by atoms with van der Waals surface area (Å²) >= 11 is 0. The van der Waals surface area contributed by atoms with E-state index in [0.29, 0.717) is 22.5 Å². The number of nitrogens with zero attached hydrogens (tertiary/aromatic N) is 2. The van der Waals surface area contributed by atoms with Crippen LogP contribution in [0.2, 0.25) is 0 Å². The maximum Gasteiger partial charge on any atom is 0.268 e. The lowest BCUT2D eigenvalue weighted by atomic mass is 9.97. The number of fused-ring (bicyclic) bond motifs is 4. The summed E-state index contributed by atoms with van der Waals surface area (Å²) in [7, 11) is 0. The third-order valence-corrected chi connectivity index (χ3v) is 10.0. The van der Waals surface area contributed by atoms with Gasteiger partial charge in [0.15, 0.2) is 0 Å². The van der Waals surface area contributed by atoms with Crippen molar-refractivity contribution in [2.75, 3.05) is 4.90 Å². The summed E-state index contributed by atoms with van der Waals surface area (Å²) in [5.74, 6) is -0.647. The van der Waals surface area contributed by atoms with Crippen molar-refractivity contribution in [3.05, 3.63) is 180 Å². The maximum atomic E-state index is 14.6. The molecule has 0 N–H and O–H groups in total. The van der Waals surface area contributed by atoms with E-state index < -0.39 is 0 Å². The van der Waals surface area contributed by atoms with Crippen LogP contribution in [0, 0.1) is 13.8 Å². The minimum absolute atomic E-state index is 0.320. The molecule has 0 saturated heterocycles. The number of benzene rings is 7. The highest BCUT2D eigenvalue weighted by molar-refractivity contribution is 6.36. The summed E-state index contributed by atoms with van der Waals surface area (Å²) in [4.78, 5) is 30.2. The Kier molecular flexibility index (Phi) is 6.85. The molecule has 0 saturated carbocycles. The molecule has 4 heteroatoms. The van der Waals surface area contributed by atoms with Crippen LogP contribution < -0.4 is 4.90 Å². The normalized spacial score (nSPS) is 12.6. The van der Waals surface area contributed by atoms with Gasteiger partial charge in [-0.3, -0.25) is 9.59 Å². The van der Waals surface area contributed by atoms with Gasteiger partial charge in [-0.25, -0.2) is 4.90 Å². The molecule has 9 rings (SSSR count). The average molecular weight is 645 g/mol. The van der Waals surface area contributed by atoms with Crippen molar-refractivity contribution in [2.45, 2.75) is 13.8 Å². The molecule has 2 amide bonds. The van der Waals surface area contributed by atoms with E-state index in [4.69, 9.17) is 0 Å². The molecule has 238 valence electrons. The van der Waals surface area contributed by atoms with Gasteiger partial charge in [-0.15, -0.1) is 0 Å².